The van der Waals surface area contributed by atoms with Crippen LogP contribution in [0.2, 0.25) is 5.02 Å². The van der Waals surface area contributed by atoms with E-state index in [-0.39, 0.29) is 16.2 Å². The number of hydrogen-bond acceptors (Lipinski definition) is 3. The molecule has 2 N–H and O–H groups in total. The molecule has 0 aliphatic rings. The van der Waals surface area contributed by atoms with Crippen LogP contribution in [0.4, 0.5) is 5.69 Å². The number of anilines is 1. The maximum absolute atomic E-state index is 12.6. The quantitative estimate of drug-likeness (QED) is 0.421. The number of carboxylic acids is 1. The number of carboxylic acid groups (broad SMARTS) is 1. The number of nitrogens with zero attached hydrogens (tertiary/aromatic N) is 2. The molecular formula is C24H20ClN3O3. The maximum Gasteiger partial charge on any atom is 0.337 e. The molecule has 2 aromatic carbocycles. The maximum atomic E-state index is 12.6. The summed E-state index contributed by atoms with van der Waals surface area (Å²) in [6.07, 6.45) is 1.53. The largest absolute Gasteiger partial charge is 0.478 e. The molecule has 0 spiro atoms. The van der Waals surface area contributed by atoms with Gasteiger partial charge in [-0.1, -0.05) is 29.8 Å². The highest BCUT2D eigenvalue weighted by Gasteiger charge is 2.16. The Bertz CT molecular complexity index is 1270. The van der Waals surface area contributed by atoms with E-state index in [9.17, 15) is 20.0 Å². The first-order valence-electron chi connectivity index (χ1n) is 9.44. The Balaban J connectivity index is 1.99. The summed E-state index contributed by atoms with van der Waals surface area (Å²) in [7, 11) is 0. The monoisotopic (exact) mass is 433 g/mol. The smallest absolute Gasteiger partial charge is 0.337 e. The molecule has 3 rings (SSSR count). The topological polar surface area (TPSA) is 95.1 Å². The van der Waals surface area contributed by atoms with Gasteiger partial charge in [-0.3, -0.25) is 4.79 Å². The second kappa shape index (κ2) is 8.90. The fourth-order valence-corrected chi connectivity index (χ4v) is 3.55. The Kier molecular flexibility index (Phi) is 6.28. The normalized spacial score (nSPS) is 11.1. The molecule has 1 aromatic heterocycles. The Morgan fingerprint density at radius 3 is 2.48 bits per heavy atom. The van der Waals surface area contributed by atoms with Crippen LogP contribution in [0.3, 0.4) is 0 Å². The highest BCUT2D eigenvalue weighted by atomic mass is 35.5. The van der Waals surface area contributed by atoms with Gasteiger partial charge < -0.3 is 15.0 Å². The molecule has 0 unspecified atom stereocenters. The van der Waals surface area contributed by atoms with E-state index < -0.39 is 11.9 Å². The summed E-state index contributed by atoms with van der Waals surface area (Å²) >= 11 is 5.98. The second-order valence-corrected chi connectivity index (χ2v) is 7.48. The average molecular weight is 434 g/mol. The van der Waals surface area contributed by atoms with Crippen LogP contribution < -0.4 is 5.32 Å². The van der Waals surface area contributed by atoms with Gasteiger partial charge in [-0.25, -0.2) is 4.79 Å². The van der Waals surface area contributed by atoms with Gasteiger partial charge in [0.25, 0.3) is 5.91 Å². The number of amides is 1. The molecule has 6 nitrogen and oxygen atoms in total. The fourth-order valence-electron chi connectivity index (χ4n) is 3.35. The van der Waals surface area contributed by atoms with Crippen molar-refractivity contribution >= 4 is 35.2 Å². The van der Waals surface area contributed by atoms with Gasteiger partial charge in [0, 0.05) is 22.8 Å². The third-order valence-electron chi connectivity index (χ3n) is 4.97. The molecule has 7 heteroatoms. The van der Waals surface area contributed by atoms with Crippen molar-refractivity contribution in [2.75, 3.05) is 5.32 Å². The first-order valence-corrected chi connectivity index (χ1v) is 9.81. The highest BCUT2D eigenvalue weighted by molar-refractivity contribution is 6.33. The number of carbonyl (C=O) groups is 2. The lowest BCUT2D eigenvalue weighted by Crippen LogP contribution is -2.14. The lowest BCUT2D eigenvalue weighted by molar-refractivity contribution is -0.112. The van der Waals surface area contributed by atoms with Crippen molar-refractivity contribution in [2.45, 2.75) is 20.8 Å². The SMILES string of the molecule is Cc1ccccc1NC(=O)/C(C#N)=C\c1cc(C)n(-c2ccc(Cl)c(C(=O)O)c2)c1C. The van der Waals surface area contributed by atoms with E-state index in [0.29, 0.717) is 16.9 Å². The number of carbonyl (C=O) groups excluding carboxylic acids is 1. The minimum absolute atomic E-state index is 0.000851. The number of halogens is 1. The van der Waals surface area contributed by atoms with Crippen molar-refractivity contribution in [1.29, 1.82) is 5.26 Å². The van der Waals surface area contributed by atoms with E-state index in [0.717, 1.165) is 17.0 Å². The van der Waals surface area contributed by atoms with Crippen LogP contribution in [0.1, 0.15) is 32.9 Å². The summed E-state index contributed by atoms with van der Waals surface area (Å²) in [6.45, 7) is 5.57. The molecule has 0 aliphatic carbocycles. The van der Waals surface area contributed by atoms with Gasteiger partial charge >= 0.3 is 5.97 Å². The Labute approximate surface area is 185 Å². The van der Waals surface area contributed by atoms with Gasteiger partial charge in [0.15, 0.2) is 0 Å². The Morgan fingerprint density at radius 2 is 1.84 bits per heavy atom. The zero-order valence-corrected chi connectivity index (χ0v) is 18.0. The first kappa shape index (κ1) is 21.9. The van der Waals surface area contributed by atoms with Crippen LogP contribution >= 0.6 is 11.6 Å². The number of nitriles is 1. The number of aryl methyl sites for hydroxylation is 2. The number of aromatic nitrogens is 1. The lowest BCUT2D eigenvalue weighted by Gasteiger charge is -2.11. The molecule has 31 heavy (non-hydrogen) atoms. The summed E-state index contributed by atoms with van der Waals surface area (Å²) in [5.74, 6) is -1.62. The third-order valence-corrected chi connectivity index (χ3v) is 5.30. The zero-order valence-electron chi connectivity index (χ0n) is 17.2. The van der Waals surface area contributed by atoms with Crippen molar-refractivity contribution in [3.8, 4) is 11.8 Å². The summed E-state index contributed by atoms with van der Waals surface area (Å²) in [5.41, 5.74) is 4.38. The minimum Gasteiger partial charge on any atom is -0.478 e. The van der Waals surface area contributed by atoms with Crippen molar-refractivity contribution in [2.24, 2.45) is 0 Å². The van der Waals surface area contributed by atoms with Crippen LogP contribution in [0.15, 0.2) is 54.1 Å². The predicted molar refractivity (Wildman–Crippen MR) is 121 cm³/mol. The van der Waals surface area contributed by atoms with Crippen LogP contribution in [0.5, 0.6) is 0 Å². The van der Waals surface area contributed by atoms with Crippen LogP contribution in [0.25, 0.3) is 11.8 Å². The van der Waals surface area contributed by atoms with Gasteiger partial charge in [0.1, 0.15) is 11.6 Å². The molecule has 1 heterocycles. The fraction of sp³-hybridized carbons (Fsp3) is 0.125. The number of para-hydroxylation sites is 1. The summed E-state index contributed by atoms with van der Waals surface area (Å²) in [6, 6.07) is 15.9. The number of rotatable bonds is 5. The van der Waals surface area contributed by atoms with E-state index in [1.807, 2.05) is 55.7 Å². The Hall–Kier alpha value is -3.82. The molecule has 3 aromatic rings. The van der Waals surface area contributed by atoms with Gasteiger partial charge in [-0.05, 0) is 68.3 Å². The highest BCUT2D eigenvalue weighted by Crippen LogP contribution is 2.26. The zero-order chi connectivity index (χ0) is 22.7. The number of nitrogens with one attached hydrogen (secondary N) is 1. The average Bonchev–Trinajstić information content (AvgIpc) is 3.01. The number of aromatic carboxylic acids is 1. The molecule has 0 radical (unpaired) electrons. The molecule has 156 valence electrons. The molecular weight excluding hydrogens is 414 g/mol. The molecule has 0 saturated heterocycles. The third kappa shape index (κ3) is 4.52. The van der Waals surface area contributed by atoms with Gasteiger partial charge in [-0.15, -0.1) is 0 Å². The lowest BCUT2D eigenvalue weighted by atomic mass is 10.1. The number of benzene rings is 2. The predicted octanol–water partition coefficient (Wildman–Crippen LogP) is 5.30. The van der Waals surface area contributed by atoms with E-state index in [1.54, 1.807) is 12.1 Å². The Morgan fingerprint density at radius 1 is 1.13 bits per heavy atom. The van der Waals surface area contributed by atoms with E-state index in [4.69, 9.17) is 11.6 Å². The van der Waals surface area contributed by atoms with Crippen LogP contribution in [-0.4, -0.2) is 21.6 Å². The summed E-state index contributed by atoms with van der Waals surface area (Å²) < 4.78 is 1.85. The molecule has 0 atom stereocenters. The van der Waals surface area contributed by atoms with E-state index >= 15 is 0 Å². The molecule has 1 amide bonds. The summed E-state index contributed by atoms with van der Waals surface area (Å²) in [4.78, 5) is 24.1. The molecule has 0 fully saturated rings. The van der Waals surface area contributed by atoms with Gasteiger partial charge in [0.05, 0.1) is 10.6 Å². The van der Waals surface area contributed by atoms with Gasteiger partial charge in [0.2, 0.25) is 0 Å². The molecule has 0 bridgehead atoms. The molecule has 0 aliphatic heterocycles. The van der Waals surface area contributed by atoms with Crippen molar-refractivity contribution < 1.29 is 14.7 Å². The van der Waals surface area contributed by atoms with Gasteiger partial charge in [-0.2, -0.15) is 5.26 Å². The minimum atomic E-state index is -1.12. The number of hydrogen-bond donors (Lipinski definition) is 2. The molecule has 0 saturated carbocycles. The van der Waals surface area contributed by atoms with E-state index in [1.165, 1.54) is 18.2 Å². The second-order valence-electron chi connectivity index (χ2n) is 7.07. The standard InChI is InChI=1S/C24H20ClN3O3/c1-14-6-4-5-7-22(14)27-23(29)18(13-26)11-17-10-15(2)28(16(17)3)19-8-9-21(25)20(12-19)24(30)31/h4-12H,1-3H3,(H,27,29)(H,30,31)/b18-11-. The van der Waals surface area contributed by atoms with Crippen molar-refractivity contribution in [3.63, 3.8) is 0 Å². The van der Waals surface area contributed by atoms with Crippen molar-refractivity contribution in [1.82, 2.24) is 4.57 Å². The van der Waals surface area contributed by atoms with Crippen LogP contribution in [-0.2, 0) is 4.79 Å². The van der Waals surface area contributed by atoms with E-state index in [2.05, 4.69) is 5.32 Å². The van der Waals surface area contributed by atoms with Crippen LogP contribution in [0, 0.1) is 32.1 Å². The van der Waals surface area contributed by atoms with Crippen molar-refractivity contribution in [3.05, 3.63) is 87.2 Å². The summed E-state index contributed by atoms with van der Waals surface area (Å²) in [5, 5.41) is 21.8. The first-order chi connectivity index (χ1) is 14.7.